The second-order valence-corrected chi connectivity index (χ2v) is 6.42. The fraction of sp³-hybridized carbons (Fsp3) is 0.714. The van der Waals surface area contributed by atoms with Crippen LogP contribution >= 0.6 is 11.6 Å². The smallest absolute Gasteiger partial charge is 0.273 e. The van der Waals surface area contributed by atoms with Gasteiger partial charge in [-0.05, 0) is 44.7 Å². The Hall–Kier alpha value is -1.27. The summed E-state index contributed by atoms with van der Waals surface area (Å²) in [6.07, 6.45) is 4.78. The summed E-state index contributed by atoms with van der Waals surface area (Å²) >= 11 is 5.99. The molecule has 0 saturated carbocycles. The zero-order chi connectivity index (χ0) is 14.8. The molecule has 21 heavy (non-hydrogen) atoms. The van der Waals surface area contributed by atoms with Crippen molar-refractivity contribution in [1.82, 2.24) is 20.0 Å². The molecule has 0 bridgehead atoms. The number of halogens is 1. The molecule has 1 amide bonds. The van der Waals surface area contributed by atoms with Crippen LogP contribution in [0.2, 0.25) is 5.02 Å². The number of hydrogen-bond acceptors (Lipinski definition) is 4. The molecule has 2 aliphatic rings. The van der Waals surface area contributed by atoms with E-state index >= 15 is 0 Å². The highest BCUT2D eigenvalue weighted by Gasteiger charge is 2.28. The average Bonchev–Trinajstić information content (AvgIpc) is 3.11. The Labute approximate surface area is 129 Å². The highest BCUT2D eigenvalue weighted by Crippen LogP contribution is 2.25. The number of nitrogen functional groups attached to an aromatic ring is 1. The third kappa shape index (κ3) is 3.16. The van der Waals surface area contributed by atoms with Crippen molar-refractivity contribution >= 4 is 23.3 Å². The van der Waals surface area contributed by atoms with Gasteiger partial charge in [0.05, 0.1) is 0 Å². The van der Waals surface area contributed by atoms with Crippen LogP contribution in [-0.4, -0.2) is 58.6 Å². The van der Waals surface area contributed by atoms with Crippen LogP contribution in [0.4, 0.5) is 5.82 Å². The highest BCUT2D eigenvalue weighted by molar-refractivity contribution is 6.35. The molecular weight excluding hydrogens is 290 g/mol. The minimum Gasteiger partial charge on any atom is -0.381 e. The number of nitrogens with one attached hydrogen (secondary N) is 1. The van der Waals surface area contributed by atoms with E-state index in [1.165, 1.54) is 32.5 Å². The number of amides is 1. The summed E-state index contributed by atoms with van der Waals surface area (Å²) in [4.78, 5) is 16.8. The van der Waals surface area contributed by atoms with Crippen molar-refractivity contribution in [2.24, 2.45) is 5.92 Å². The summed E-state index contributed by atoms with van der Waals surface area (Å²) < 4.78 is 0. The van der Waals surface area contributed by atoms with Crippen molar-refractivity contribution in [3.8, 4) is 0 Å². The standard InChI is InChI=1S/C14H22ClN5O/c15-11-12(17-18-13(11)16)14(21)20-7-3-10(4-8-20)9-19-5-1-2-6-19/h10H,1-9H2,(H3,16,17,18). The Balaban J connectivity index is 1.53. The topological polar surface area (TPSA) is 78.2 Å². The van der Waals surface area contributed by atoms with E-state index in [-0.39, 0.29) is 16.7 Å². The fourth-order valence-corrected chi connectivity index (χ4v) is 3.46. The maximum Gasteiger partial charge on any atom is 0.273 e. The molecule has 0 radical (unpaired) electrons. The normalized spacial score (nSPS) is 21.1. The molecule has 2 aliphatic heterocycles. The molecule has 3 heterocycles. The van der Waals surface area contributed by atoms with Gasteiger partial charge in [-0.15, -0.1) is 0 Å². The number of H-pyrrole nitrogens is 1. The van der Waals surface area contributed by atoms with Gasteiger partial charge in [-0.3, -0.25) is 9.89 Å². The monoisotopic (exact) mass is 311 g/mol. The third-order valence-electron chi connectivity index (χ3n) is 4.56. The zero-order valence-corrected chi connectivity index (χ0v) is 12.9. The molecule has 6 nitrogen and oxygen atoms in total. The molecule has 0 spiro atoms. The molecule has 7 heteroatoms. The third-order valence-corrected chi connectivity index (χ3v) is 4.95. The van der Waals surface area contributed by atoms with Gasteiger partial charge in [-0.2, -0.15) is 5.10 Å². The predicted octanol–water partition coefficient (Wildman–Crippen LogP) is 1.59. The Morgan fingerprint density at radius 2 is 1.95 bits per heavy atom. The first kappa shape index (κ1) is 14.7. The first-order valence-electron chi connectivity index (χ1n) is 7.66. The van der Waals surface area contributed by atoms with Gasteiger partial charge < -0.3 is 15.5 Å². The van der Waals surface area contributed by atoms with Crippen LogP contribution in [0, 0.1) is 5.92 Å². The molecule has 0 unspecified atom stereocenters. The van der Waals surface area contributed by atoms with Crippen molar-refractivity contribution in [3.63, 3.8) is 0 Å². The van der Waals surface area contributed by atoms with Crippen molar-refractivity contribution in [2.45, 2.75) is 25.7 Å². The van der Waals surface area contributed by atoms with Gasteiger partial charge in [0.15, 0.2) is 5.82 Å². The lowest BCUT2D eigenvalue weighted by molar-refractivity contribution is 0.0667. The first-order chi connectivity index (χ1) is 10.1. The summed E-state index contributed by atoms with van der Waals surface area (Å²) in [5, 5.41) is 6.65. The summed E-state index contributed by atoms with van der Waals surface area (Å²) in [7, 11) is 0. The second kappa shape index (κ2) is 6.23. The van der Waals surface area contributed by atoms with Crippen LogP contribution in [0.1, 0.15) is 36.2 Å². The van der Waals surface area contributed by atoms with Crippen molar-refractivity contribution in [1.29, 1.82) is 0 Å². The molecule has 3 rings (SSSR count). The average molecular weight is 312 g/mol. The predicted molar refractivity (Wildman–Crippen MR) is 82.3 cm³/mol. The van der Waals surface area contributed by atoms with E-state index in [2.05, 4.69) is 15.1 Å². The van der Waals surface area contributed by atoms with E-state index in [9.17, 15) is 4.79 Å². The van der Waals surface area contributed by atoms with Crippen LogP contribution in [0.3, 0.4) is 0 Å². The minimum absolute atomic E-state index is 0.0937. The van der Waals surface area contributed by atoms with Crippen molar-refractivity contribution in [2.75, 3.05) is 38.5 Å². The summed E-state index contributed by atoms with van der Waals surface area (Å²) in [6.45, 7) is 5.23. The number of aromatic amines is 1. The van der Waals surface area contributed by atoms with E-state index in [4.69, 9.17) is 17.3 Å². The number of carbonyl (C=O) groups excluding carboxylic acids is 1. The Morgan fingerprint density at radius 3 is 2.52 bits per heavy atom. The number of hydrogen-bond donors (Lipinski definition) is 2. The number of piperidine rings is 1. The number of nitrogens with two attached hydrogens (primary N) is 1. The molecule has 0 atom stereocenters. The van der Waals surface area contributed by atoms with Crippen LogP contribution in [0.15, 0.2) is 0 Å². The number of carbonyl (C=O) groups is 1. The molecule has 3 N–H and O–H groups in total. The van der Waals surface area contributed by atoms with E-state index in [0.29, 0.717) is 11.6 Å². The van der Waals surface area contributed by atoms with Gasteiger partial charge in [-0.1, -0.05) is 11.6 Å². The van der Waals surface area contributed by atoms with Gasteiger partial charge in [-0.25, -0.2) is 0 Å². The lowest BCUT2D eigenvalue weighted by atomic mass is 9.96. The van der Waals surface area contributed by atoms with Gasteiger partial charge >= 0.3 is 0 Å². The lowest BCUT2D eigenvalue weighted by Gasteiger charge is -2.33. The van der Waals surface area contributed by atoms with Crippen molar-refractivity contribution < 1.29 is 4.79 Å². The van der Waals surface area contributed by atoms with E-state index in [1.54, 1.807) is 0 Å². The molecular formula is C14H22ClN5O. The van der Waals surface area contributed by atoms with E-state index < -0.39 is 0 Å². The largest absolute Gasteiger partial charge is 0.381 e. The molecule has 2 saturated heterocycles. The van der Waals surface area contributed by atoms with Gasteiger partial charge in [0.25, 0.3) is 5.91 Å². The molecule has 116 valence electrons. The molecule has 0 aromatic carbocycles. The molecule has 1 aromatic rings. The van der Waals surface area contributed by atoms with E-state index in [1.807, 2.05) is 4.90 Å². The molecule has 0 aliphatic carbocycles. The zero-order valence-electron chi connectivity index (χ0n) is 12.1. The second-order valence-electron chi connectivity index (χ2n) is 6.04. The Kier molecular flexibility index (Phi) is 4.35. The Morgan fingerprint density at radius 1 is 1.29 bits per heavy atom. The van der Waals surface area contributed by atoms with Crippen molar-refractivity contribution in [3.05, 3.63) is 10.7 Å². The minimum atomic E-state index is -0.0937. The number of anilines is 1. The number of rotatable bonds is 3. The summed E-state index contributed by atoms with van der Waals surface area (Å²) in [6, 6.07) is 0. The highest BCUT2D eigenvalue weighted by atomic mass is 35.5. The maximum atomic E-state index is 12.4. The SMILES string of the molecule is Nc1n[nH]c(C(=O)N2CCC(CN3CCCC3)CC2)c1Cl. The lowest BCUT2D eigenvalue weighted by Crippen LogP contribution is -2.41. The summed E-state index contributed by atoms with van der Waals surface area (Å²) in [5.74, 6) is 0.794. The van der Waals surface area contributed by atoms with Crippen LogP contribution in [0.25, 0.3) is 0 Å². The molecule has 1 aromatic heterocycles. The Bertz CT molecular complexity index is 503. The quantitative estimate of drug-likeness (QED) is 0.888. The molecule has 2 fully saturated rings. The van der Waals surface area contributed by atoms with Crippen LogP contribution in [0.5, 0.6) is 0 Å². The number of likely N-dealkylation sites (tertiary alicyclic amines) is 2. The fourth-order valence-electron chi connectivity index (χ4n) is 3.29. The van der Waals surface area contributed by atoms with E-state index in [0.717, 1.165) is 25.9 Å². The summed E-state index contributed by atoms with van der Waals surface area (Å²) in [5.41, 5.74) is 5.88. The van der Waals surface area contributed by atoms with Crippen LogP contribution < -0.4 is 5.73 Å². The van der Waals surface area contributed by atoms with Gasteiger partial charge in [0, 0.05) is 19.6 Å². The van der Waals surface area contributed by atoms with Gasteiger partial charge in [0.2, 0.25) is 0 Å². The van der Waals surface area contributed by atoms with Crippen LogP contribution in [-0.2, 0) is 0 Å². The van der Waals surface area contributed by atoms with Gasteiger partial charge in [0.1, 0.15) is 10.7 Å². The number of nitrogens with zero attached hydrogens (tertiary/aromatic N) is 3. The maximum absolute atomic E-state index is 12.4. The first-order valence-corrected chi connectivity index (χ1v) is 8.04. The number of aromatic nitrogens is 2.